The number of aryl methyl sites for hydroxylation is 1. The van der Waals surface area contributed by atoms with Crippen LogP contribution in [0.5, 0.6) is 0 Å². The summed E-state index contributed by atoms with van der Waals surface area (Å²) >= 11 is 0. The van der Waals surface area contributed by atoms with Gasteiger partial charge in [0, 0.05) is 104 Å². The van der Waals surface area contributed by atoms with Crippen LogP contribution in [0.1, 0.15) is 118 Å². The van der Waals surface area contributed by atoms with Gasteiger partial charge >= 0.3 is 28.5 Å². The van der Waals surface area contributed by atoms with Gasteiger partial charge in [-0.1, -0.05) is 145 Å². The minimum Gasteiger partial charge on any atom is -0.426 e. The van der Waals surface area contributed by atoms with Crippen molar-refractivity contribution >= 4 is 103 Å². The number of nitrogens with zero attached hydrogens (tertiary/aromatic N) is 4. The SMILES string of the molecule is Cc1ccc(C[C@H](NC(=O)CCN2CCCC2=O)B(O)O)cc1.O=C(CCN1C(=O)CCCC1=O)N[C@@H](Cc1ccccc1)B(O)O.O=C(CCN1CCCC1=O)N[C@@H](Cc1ccc2ccccc2c1)B(O)O.O=C(CCN1CCCCC1=O)N[C@@H](Cc1ccc2ccccc2c1)B(O)O. The van der Waals surface area contributed by atoms with Crippen molar-refractivity contribution in [2.24, 2.45) is 0 Å². The minimum absolute atomic E-state index is 0.0169. The zero-order valence-electron chi connectivity index (χ0n) is 56.6. The Morgan fingerprint density at radius 2 is 0.660 bits per heavy atom. The Balaban J connectivity index is 0.000000188. The Morgan fingerprint density at radius 3 is 1.03 bits per heavy atom. The van der Waals surface area contributed by atoms with E-state index in [2.05, 4.69) is 21.3 Å². The molecule has 9 amide bonds. The summed E-state index contributed by atoms with van der Waals surface area (Å²) in [5.41, 5.74) is 4.73. The highest BCUT2D eigenvalue weighted by atomic mass is 16.4. The van der Waals surface area contributed by atoms with E-state index in [9.17, 15) is 83.3 Å². The van der Waals surface area contributed by atoms with E-state index in [0.29, 0.717) is 97.1 Å². The van der Waals surface area contributed by atoms with Crippen molar-refractivity contribution in [2.75, 3.05) is 45.8 Å². The van der Waals surface area contributed by atoms with E-state index in [1.54, 1.807) is 14.7 Å². The van der Waals surface area contributed by atoms with Crippen LogP contribution in [-0.4, -0.2) is 211 Å². The third kappa shape index (κ3) is 26.4. The zero-order valence-corrected chi connectivity index (χ0v) is 56.6. The van der Waals surface area contributed by atoms with Crippen LogP contribution in [0, 0.1) is 6.92 Å². The molecule has 4 fully saturated rings. The Labute approximate surface area is 584 Å². The van der Waals surface area contributed by atoms with E-state index in [1.807, 2.05) is 146 Å². The second-order valence-electron chi connectivity index (χ2n) is 25.6. The largest absolute Gasteiger partial charge is 0.475 e. The molecule has 0 bridgehead atoms. The van der Waals surface area contributed by atoms with Crippen LogP contribution in [0.2, 0.25) is 0 Å². The summed E-state index contributed by atoms with van der Waals surface area (Å²) in [4.78, 5) is 113. The first-order valence-electron chi connectivity index (χ1n) is 34.3. The fourth-order valence-electron chi connectivity index (χ4n) is 12.1. The molecule has 0 spiro atoms. The summed E-state index contributed by atoms with van der Waals surface area (Å²) in [6.07, 6.45) is 8.04. The Morgan fingerprint density at radius 1 is 0.350 bits per heavy atom. The predicted molar refractivity (Wildman–Crippen MR) is 380 cm³/mol. The van der Waals surface area contributed by atoms with Crippen LogP contribution in [-0.2, 0) is 68.8 Å². The van der Waals surface area contributed by atoms with Gasteiger partial charge in [-0.3, -0.25) is 48.1 Å². The van der Waals surface area contributed by atoms with Crippen molar-refractivity contribution in [3.8, 4) is 0 Å². The first-order chi connectivity index (χ1) is 48.0. The molecule has 4 heterocycles. The highest BCUT2D eigenvalue weighted by Crippen LogP contribution is 2.21. The fraction of sp³-hybridized carbons (Fsp3) is 0.423. The van der Waals surface area contributed by atoms with Crippen LogP contribution in [0.3, 0.4) is 0 Å². The molecule has 0 unspecified atom stereocenters. The molecule has 4 aliphatic heterocycles. The van der Waals surface area contributed by atoms with Crippen molar-refractivity contribution in [3.63, 3.8) is 0 Å². The van der Waals surface area contributed by atoms with Crippen LogP contribution in [0.15, 0.2) is 140 Å². The van der Waals surface area contributed by atoms with Gasteiger partial charge in [0.05, 0.1) is 23.8 Å². The number of hydrogen-bond donors (Lipinski definition) is 12. The number of nitrogens with one attached hydrogen (secondary N) is 4. The molecular weight excluding hydrogens is 1280 g/mol. The van der Waals surface area contributed by atoms with Crippen molar-refractivity contribution in [1.82, 2.24) is 40.9 Å². The number of hydrogen-bond acceptors (Lipinski definition) is 17. The molecule has 4 saturated heterocycles. The Kier molecular flexibility index (Phi) is 31.8. The molecule has 25 nitrogen and oxygen atoms in total. The van der Waals surface area contributed by atoms with Gasteiger partial charge in [-0.15, -0.1) is 0 Å². The van der Waals surface area contributed by atoms with E-state index >= 15 is 0 Å². The highest BCUT2D eigenvalue weighted by molar-refractivity contribution is 6.45. The molecule has 0 aliphatic carbocycles. The summed E-state index contributed by atoms with van der Waals surface area (Å²) in [5.74, 6) is -4.78. The van der Waals surface area contributed by atoms with Crippen LogP contribution in [0.25, 0.3) is 21.5 Å². The number of rotatable bonds is 28. The van der Waals surface area contributed by atoms with E-state index in [-0.39, 0.29) is 85.9 Å². The average Bonchev–Trinajstić information content (AvgIpc) is 1.00. The van der Waals surface area contributed by atoms with Gasteiger partial charge in [0.25, 0.3) is 0 Å². The maximum absolute atomic E-state index is 12.2. The third-order valence-corrected chi connectivity index (χ3v) is 17.8. The molecule has 0 radical (unpaired) electrons. The molecule has 0 saturated carbocycles. The summed E-state index contributed by atoms with van der Waals surface area (Å²) < 4.78 is 0. The fourth-order valence-corrected chi connectivity index (χ4v) is 12.1. The van der Waals surface area contributed by atoms with Crippen molar-refractivity contribution in [2.45, 2.75) is 146 Å². The maximum atomic E-state index is 12.2. The lowest BCUT2D eigenvalue weighted by molar-refractivity contribution is -0.148. The van der Waals surface area contributed by atoms with Gasteiger partial charge in [0.1, 0.15) is 0 Å². The van der Waals surface area contributed by atoms with Crippen molar-refractivity contribution in [1.29, 1.82) is 0 Å². The van der Waals surface area contributed by atoms with E-state index in [4.69, 9.17) is 0 Å². The molecular formula is C71H92B4N8O17. The van der Waals surface area contributed by atoms with E-state index in [1.165, 1.54) is 0 Å². The van der Waals surface area contributed by atoms with Crippen molar-refractivity contribution < 1.29 is 83.3 Å². The number of fused-ring (bicyclic) bond motifs is 2. The zero-order chi connectivity index (χ0) is 72.1. The quantitative estimate of drug-likeness (QED) is 0.0246. The first kappa shape index (κ1) is 78.5. The minimum atomic E-state index is -1.70. The summed E-state index contributed by atoms with van der Waals surface area (Å²) in [6, 6.07) is 44.5. The summed E-state index contributed by atoms with van der Waals surface area (Å²) in [5, 5.41) is 91.4. The lowest BCUT2D eigenvalue weighted by Gasteiger charge is -2.26. The number of carbonyl (C=O) groups excluding carboxylic acids is 9. The molecule has 6 aromatic rings. The number of amides is 9. The number of imide groups is 1. The van der Waals surface area contributed by atoms with Gasteiger partial charge in [-0.2, -0.15) is 0 Å². The van der Waals surface area contributed by atoms with Gasteiger partial charge in [-0.05, 0) is 109 Å². The number of likely N-dealkylation sites (tertiary alicyclic amines) is 4. The molecule has 4 aliphatic rings. The molecule has 6 aromatic carbocycles. The lowest BCUT2D eigenvalue weighted by Crippen LogP contribution is -2.49. The molecule has 10 rings (SSSR count). The second-order valence-corrected chi connectivity index (χ2v) is 25.6. The van der Waals surface area contributed by atoms with E-state index < -0.39 is 58.1 Å². The Bertz CT molecular complexity index is 3670. The summed E-state index contributed by atoms with van der Waals surface area (Å²) in [7, 11) is -6.64. The molecule has 530 valence electrons. The van der Waals surface area contributed by atoms with Gasteiger partial charge < -0.3 is 76.2 Å². The topological polar surface area (TPSA) is 377 Å². The number of piperidine rings is 2. The number of benzene rings is 6. The lowest BCUT2D eigenvalue weighted by atomic mass is 9.75. The second kappa shape index (κ2) is 40.5. The molecule has 0 aromatic heterocycles. The molecule has 100 heavy (non-hydrogen) atoms. The van der Waals surface area contributed by atoms with Gasteiger partial charge in [0.15, 0.2) is 0 Å². The highest BCUT2D eigenvalue weighted by Gasteiger charge is 2.32. The third-order valence-electron chi connectivity index (χ3n) is 17.8. The average molecular weight is 1370 g/mol. The normalized spacial score (nSPS) is 15.6. The standard InChI is InChI=1S/C20H25BN2O4.C19H23BN2O4.C16H21BN2O5.C16H23BN2O4/c24-19(10-12-23-11-4-3-7-20(23)25)22-18(21(26)27)14-15-8-9-16-5-1-2-6-17(16)13-15;23-18(9-11-22-10-3-6-19(22)24)21-17(20(25)26)13-14-7-8-15-4-1-2-5-16(15)12-14;20-14(9-10-19-15(21)7-4-8-16(19)22)18-13(17(23)24)11-12-5-2-1-3-6-12;1-12-4-6-13(7-5-12)11-14(17(22)23)18-15(20)8-10-19-9-2-3-16(19)21/h1-2,5-6,8-9,13,18,26-27H,3-4,7,10-12,14H2,(H,22,24);1-2,4-5,7-8,12,17,25-26H,3,6,9-11,13H2,(H,21,23);1-3,5-6,13,23-24H,4,7-11H2,(H,18,20);4-7,14,22-23H,2-3,8-11H2,1H3,(H,18,20)/t18-;17-;13-;14-/m0000/s1. The summed E-state index contributed by atoms with van der Waals surface area (Å²) in [6.45, 7) is 5.19. The molecule has 29 heteroatoms. The molecule has 4 atom stereocenters. The van der Waals surface area contributed by atoms with Crippen molar-refractivity contribution in [3.05, 3.63) is 167 Å². The Hall–Kier alpha value is -8.79. The number of carbonyl (C=O) groups is 9. The van der Waals surface area contributed by atoms with Crippen LogP contribution in [0.4, 0.5) is 0 Å². The van der Waals surface area contributed by atoms with Gasteiger partial charge in [0.2, 0.25) is 53.2 Å². The smallest absolute Gasteiger partial charge is 0.426 e. The molecule has 12 N–H and O–H groups in total. The maximum Gasteiger partial charge on any atom is 0.475 e. The van der Waals surface area contributed by atoms with Crippen LogP contribution >= 0.6 is 0 Å². The first-order valence-corrected chi connectivity index (χ1v) is 34.3. The monoisotopic (exact) mass is 1370 g/mol. The van der Waals surface area contributed by atoms with Gasteiger partial charge in [-0.25, -0.2) is 0 Å². The van der Waals surface area contributed by atoms with Crippen LogP contribution < -0.4 is 21.3 Å². The van der Waals surface area contributed by atoms with E-state index in [0.717, 1.165) is 79.9 Å². The predicted octanol–water partition coefficient (Wildman–Crippen LogP) is 1.88.